The summed E-state index contributed by atoms with van der Waals surface area (Å²) in [6.45, 7) is 13.1. The number of allylic oxidation sites excluding steroid dienone is 1. The number of H-pyrrole nitrogens is 1. The van der Waals surface area contributed by atoms with E-state index in [0.717, 1.165) is 92.2 Å². The zero-order valence-electron chi connectivity index (χ0n) is 38.3. The minimum atomic E-state index is -4.61. The molecule has 14 nitrogen and oxygen atoms in total. The van der Waals surface area contributed by atoms with Crippen molar-refractivity contribution in [2.24, 2.45) is 11.3 Å². The van der Waals surface area contributed by atoms with Gasteiger partial charge in [0, 0.05) is 73.7 Å². The molecule has 1 aliphatic carbocycles. The standard InChI is InChI=1S/C49H56ClF3N8O6S/c1-4-58-19-14-32(15-20-58)12-17-54-43-10-7-38(28-44(43)61(63)64)68(65,66)57-47(62)40-9-6-36(27-45(40)67-37-25-33-13-18-55-46(33)56-30-37)60-23-21-59(22-24-60)31-34-11-16-48(2,3)29-41(34)39-8-5-35(26-42(39)50)49(51,52)53/h5-10,13,18,25-28,30,32,54H,4,11-12,14-17,19-24,29,31H2,1-3H3,(H,55,56)(H,57,62). The highest BCUT2D eigenvalue weighted by Gasteiger charge is 2.34. The van der Waals surface area contributed by atoms with Gasteiger partial charge in [-0.15, -0.1) is 0 Å². The van der Waals surface area contributed by atoms with Crippen molar-refractivity contribution in [3.8, 4) is 11.5 Å². The number of hydrogen-bond donors (Lipinski definition) is 3. The van der Waals surface area contributed by atoms with E-state index in [0.29, 0.717) is 68.6 Å². The summed E-state index contributed by atoms with van der Waals surface area (Å²) in [6.07, 6.45) is 4.06. The second-order valence-electron chi connectivity index (χ2n) is 18.7. The maximum absolute atomic E-state index is 14.0. The maximum Gasteiger partial charge on any atom is 0.416 e. The molecule has 3 aliphatic rings. The van der Waals surface area contributed by atoms with Gasteiger partial charge in [-0.05, 0) is 129 Å². The van der Waals surface area contributed by atoms with Gasteiger partial charge in [0.2, 0.25) is 0 Å². The van der Waals surface area contributed by atoms with Crippen LogP contribution in [0.1, 0.15) is 80.8 Å². The number of nitro benzene ring substituents is 1. The molecule has 2 fully saturated rings. The number of carbonyl (C=O) groups is 1. The van der Waals surface area contributed by atoms with Gasteiger partial charge in [-0.25, -0.2) is 18.1 Å². The number of aromatic nitrogens is 2. The summed E-state index contributed by atoms with van der Waals surface area (Å²) in [5, 5.41) is 16.1. The predicted octanol–water partition coefficient (Wildman–Crippen LogP) is 10.4. The van der Waals surface area contributed by atoms with Crippen molar-refractivity contribution in [2.75, 3.05) is 69.1 Å². The van der Waals surface area contributed by atoms with Gasteiger partial charge in [-0.2, -0.15) is 13.2 Å². The Morgan fingerprint density at radius 1 is 1.00 bits per heavy atom. The average Bonchev–Trinajstić information content (AvgIpc) is 3.78. The number of nitrogens with one attached hydrogen (secondary N) is 3. The minimum absolute atomic E-state index is 0.0463. The molecular weight excluding hydrogens is 921 g/mol. The second-order valence-corrected chi connectivity index (χ2v) is 20.8. The molecule has 0 bridgehead atoms. The molecule has 362 valence electrons. The van der Waals surface area contributed by atoms with E-state index in [1.807, 2.05) is 6.07 Å². The van der Waals surface area contributed by atoms with Crippen molar-refractivity contribution in [1.29, 1.82) is 0 Å². The molecule has 0 saturated carbocycles. The third kappa shape index (κ3) is 11.4. The van der Waals surface area contributed by atoms with Crippen molar-refractivity contribution in [1.82, 2.24) is 24.5 Å². The van der Waals surface area contributed by atoms with Gasteiger partial charge in [0.25, 0.3) is 21.6 Å². The molecule has 0 spiro atoms. The number of likely N-dealkylation sites (tertiary alicyclic amines) is 1. The van der Waals surface area contributed by atoms with Crippen molar-refractivity contribution < 1.29 is 36.0 Å². The number of piperazine rings is 1. The van der Waals surface area contributed by atoms with E-state index in [1.54, 1.807) is 24.4 Å². The zero-order chi connectivity index (χ0) is 48.4. The Morgan fingerprint density at radius 3 is 2.47 bits per heavy atom. The Balaban J connectivity index is 0.983. The number of nitrogens with zero attached hydrogens (tertiary/aromatic N) is 5. The van der Waals surface area contributed by atoms with Gasteiger partial charge >= 0.3 is 6.18 Å². The van der Waals surface area contributed by atoms with Gasteiger partial charge in [-0.3, -0.25) is 19.8 Å². The quantitative estimate of drug-likeness (QED) is 0.0675. The van der Waals surface area contributed by atoms with E-state index < -0.39 is 43.2 Å². The van der Waals surface area contributed by atoms with Crippen molar-refractivity contribution in [3.63, 3.8) is 0 Å². The first-order chi connectivity index (χ1) is 32.4. The lowest BCUT2D eigenvalue weighted by atomic mass is 9.72. The number of hydrogen-bond acceptors (Lipinski definition) is 11. The summed E-state index contributed by atoms with van der Waals surface area (Å²) in [5.74, 6) is -0.147. The zero-order valence-corrected chi connectivity index (χ0v) is 39.9. The number of sulfonamides is 1. The Hall–Kier alpha value is -5.69. The summed E-state index contributed by atoms with van der Waals surface area (Å²) in [5.41, 5.74) is 2.96. The molecule has 5 aromatic rings. The molecule has 2 saturated heterocycles. The van der Waals surface area contributed by atoms with Crippen molar-refractivity contribution >= 4 is 61.2 Å². The van der Waals surface area contributed by atoms with Crippen LogP contribution >= 0.6 is 11.6 Å². The Bertz CT molecular complexity index is 2820. The number of ether oxygens (including phenoxy) is 1. The molecule has 19 heteroatoms. The number of carbonyl (C=O) groups excluding carboxylic acids is 1. The van der Waals surface area contributed by atoms with Crippen LogP contribution in [-0.4, -0.2) is 97.9 Å². The van der Waals surface area contributed by atoms with Gasteiger partial charge in [0.1, 0.15) is 22.8 Å². The number of aromatic amines is 1. The molecule has 68 heavy (non-hydrogen) atoms. The number of fused-ring (bicyclic) bond motifs is 1. The van der Waals surface area contributed by atoms with Crippen LogP contribution in [0, 0.1) is 21.4 Å². The molecule has 1 amide bonds. The van der Waals surface area contributed by atoms with Gasteiger partial charge in [0.15, 0.2) is 0 Å². The smallest absolute Gasteiger partial charge is 0.416 e. The van der Waals surface area contributed by atoms with E-state index in [1.165, 1.54) is 30.5 Å². The second kappa shape index (κ2) is 20.1. The summed E-state index contributed by atoms with van der Waals surface area (Å²) in [7, 11) is -4.61. The molecule has 3 N–H and O–H groups in total. The third-order valence-electron chi connectivity index (χ3n) is 13.5. The van der Waals surface area contributed by atoms with Gasteiger partial charge in [0.05, 0.1) is 27.1 Å². The number of anilines is 2. The van der Waals surface area contributed by atoms with Gasteiger partial charge in [-0.1, -0.05) is 44.0 Å². The molecule has 4 heterocycles. The summed E-state index contributed by atoms with van der Waals surface area (Å²) in [6, 6.07) is 15.6. The average molecular weight is 978 g/mol. The first-order valence-electron chi connectivity index (χ1n) is 23.0. The van der Waals surface area contributed by atoms with Crippen molar-refractivity contribution in [2.45, 2.75) is 70.4 Å². The Labute approximate surface area is 399 Å². The number of piperidine rings is 1. The normalized spacial score (nSPS) is 17.7. The molecule has 0 atom stereocenters. The van der Waals surface area contributed by atoms with E-state index in [2.05, 4.69) is 55.5 Å². The fraction of sp³-hybridized carbons (Fsp3) is 0.429. The minimum Gasteiger partial charge on any atom is -0.455 e. The number of pyridine rings is 1. The summed E-state index contributed by atoms with van der Waals surface area (Å²) >= 11 is 6.54. The largest absolute Gasteiger partial charge is 0.455 e. The van der Waals surface area contributed by atoms with E-state index >= 15 is 0 Å². The summed E-state index contributed by atoms with van der Waals surface area (Å²) in [4.78, 5) is 39.3. The fourth-order valence-corrected chi connectivity index (χ4v) is 10.7. The predicted molar refractivity (Wildman–Crippen MR) is 258 cm³/mol. The lowest BCUT2D eigenvalue weighted by Crippen LogP contribution is -2.47. The number of halogens is 4. The maximum atomic E-state index is 14.0. The van der Waals surface area contributed by atoms with Gasteiger partial charge < -0.3 is 24.8 Å². The fourth-order valence-electron chi connectivity index (χ4n) is 9.46. The number of amides is 1. The highest BCUT2D eigenvalue weighted by molar-refractivity contribution is 7.90. The van der Waals surface area contributed by atoms with Crippen LogP contribution in [0.15, 0.2) is 89.6 Å². The van der Waals surface area contributed by atoms with Crippen LogP contribution in [0.25, 0.3) is 16.6 Å². The van der Waals surface area contributed by atoms with E-state index in [4.69, 9.17) is 16.3 Å². The first-order valence-corrected chi connectivity index (χ1v) is 24.8. The van der Waals surface area contributed by atoms with Crippen LogP contribution in [-0.2, 0) is 16.2 Å². The Kier molecular flexibility index (Phi) is 14.4. The van der Waals surface area contributed by atoms with Crippen LogP contribution in [0.5, 0.6) is 11.5 Å². The highest BCUT2D eigenvalue weighted by Crippen LogP contribution is 2.46. The summed E-state index contributed by atoms with van der Waals surface area (Å²) < 4.78 is 76.4. The topological polar surface area (TPSA) is 166 Å². The van der Waals surface area contributed by atoms with E-state index in [-0.39, 0.29) is 27.4 Å². The van der Waals surface area contributed by atoms with Crippen molar-refractivity contribution in [3.05, 3.63) is 117 Å². The van der Waals surface area contributed by atoms with E-state index in [9.17, 15) is 36.5 Å². The molecule has 8 rings (SSSR count). The SMILES string of the molecule is CCN1CCC(CCNc2ccc(S(=O)(=O)NC(=O)c3ccc(N4CCN(CC5=C(c6ccc(C(F)(F)F)cc6Cl)CC(C)(C)CC5)CC4)cc3Oc3cnc4[nH]ccc4c3)cc2[N+](=O)[O-])CC1. The third-order valence-corrected chi connectivity index (χ3v) is 15.1. The van der Waals surface area contributed by atoms with Crippen LogP contribution in [0.2, 0.25) is 5.02 Å². The number of alkyl halides is 3. The van der Waals surface area contributed by atoms with Crippen LogP contribution in [0.4, 0.5) is 30.2 Å². The molecular formula is C49H56ClF3N8O6S. The molecule has 2 aliphatic heterocycles. The molecule has 0 radical (unpaired) electrons. The number of benzene rings is 3. The lowest BCUT2D eigenvalue weighted by molar-refractivity contribution is -0.384. The molecule has 2 aromatic heterocycles. The number of nitro groups is 1. The van der Waals surface area contributed by atoms with Crippen LogP contribution < -0.4 is 19.7 Å². The Morgan fingerprint density at radius 2 is 1.76 bits per heavy atom. The number of rotatable bonds is 15. The molecule has 0 unspecified atom stereocenters. The van der Waals surface area contributed by atoms with Crippen LogP contribution in [0.3, 0.4) is 0 Å². The molecule has 3 aromatic carbocycles. The monoisotopic (exact) mass is 976 g/mol. The first kappa shape index (κ1) is 48.8. The highest BCUT2D eigenvalue weighted by atomic mass is 35.5. The lowest BCUT2D eigenvalue weighted by Gasteiger charge is -2.39.